The van der Waals surface area contributed by atoms with Crippen molar-refractivity contribution in [3.8, 4) is 0 Å². The molecule has 1 fully saturated rings. The molecule has 6 nitrogen and oxygen atoms in total. The summed E-state index contributed by atoms with van der Waals surface area (Å²) in [7, 11) is -1.43. The van der Waals surface area contributed by atoms with E-state index >= 15 is 0 Å². The third-order valence-corrected chi connectivity index (χ3v) is 5.91. The molecule has 1 heterocycles. The van der Waals surface area contributed by atoms with E-state index in [0.717, 1.165) is 42.9 Å². The lowest BCUT2D eigenvalue weighted by Gasteiger charge is -2.29. The average molecular weight is 388 g/mol. The van der Waals surface area contributed by atoms with E-state index in [1.807, 2.05) is 0 Å². The van der Waals surface area contributed by atoms with Gasteiger partial charge in [-0.2, -0.15) is 0 Å². The first-order valence-corrected chi connectivity index (χ1v) is 10.7. The number of nitrogens with one attached hydrogen (secondary N) is 1. The van der Waals surface area contributed by atoms with E-state index in [-0.39, 0.29) is 12.5 Å². The van der Waals surface area contributed by atoms with Crippen molar-refractivity contribution in [1.82, 2.24) is 10.2 Å². The van der Waals surface area contributed by atoms with Crippen molar-refractivity contribution >= 4 is 33.2 Å². The molecule has 1 aromatic rings. The van der Waals surface area contributed by atoms with Gasteiger partial charge in [-0.15, -0.1) is 0 Å². The van der Waals surface area contributed by atoms with Gasteiger partial charge in [-0.3, -0.25) is 9.10 Å². The molecule has 0 aliphatic carbocycles. The minimum atomic E-state index is -3.55. The number of sulfonamides is 1. The average Bonchev–Trinajstić information content (AvgIpc) is 2.54. The summed E-state index contributed by atoms with van der Waals surface area (Å²) >= 11 is 5.84. The number of carbonyl (C=O) groups is 1. The Kier molecular flexibility index (Phi) is 7.10. The van der Waals surface area contributed by atoms with Crippen LogP contribution in [-0.4, -0.2) is 58.7 Å². The zero-order chi connectivity index (χ0) is 18.4. The van der Waals surface area contributed by atoms with Crippen LogP contribution in [0.5, 0.6) is 0 Å². The molecule has 25 heavy (non-hydrogen) atoms. The second-order valence-corrected chi connectivity index (χ2v) is 8.97. The third-order valence-electron chi connectivity index (χ3n) is 4.52. The first-order valence-electron chi connectivity index (χ1n) is 8.44. The number of carbonyl (C=O) groups excluding carboxylic acids is 1. The van der Waals surface area contributed by atoms with Gasteiger partial charge in [-0.25, -0.2) is 8.42 Å². The molecule has 140 valence electrons. The highest BCUT2D eigenvalue weighted by atomic mass is 35.5. The van der Waals surface area contributed by atoms with E-state index in [0.29, 0.717) is 23.2 Å². The van der Waals surface area contributed by atoms with Crippen LogP contribution in [0.15, 0.2) is 24.3 Å². The Morgan fingerprint density at radius 1 is 1.28 bits per heavy atom. The van der Waals surface area contributed by atoms with Crippen molar-refractivity contribution in [2.45, 2.75) is 19.3 Å². The minimum Gasteiger partial charge on any atom is -0.355 e. The van der Waals surface area contributed by atoms with Gasteiger partial charge in [0, 0.05) is 11.6 Å². The summed E-state index contributed by atoms with van der Waals surface area (Å²) in [4.78, 5) is 14.5. The molecule has 0 saturated carbocycles. The molecule has 0 radical (unpaired) electrons. The number of anilines is 1. The molecule has 0 atom stereocenters. The number of benzene rings is 1. The molecule has 2 rings (SSSR count). The Morgan fingerprint density at radius 2 is 1.88 bits per heavy atom. The summed E-state index contributed by atoms with van der Waals surface area (Å²) < 4.78 is 25.1. The van der Waals surface area contributed by atoms with Crippen LogP contribution in [0.2, 0.25) is 5.02 Å². The van der Waals surface area contributed by atoms with Crippen LogP contribution < -0.4 is 9.62 Å². The van der Waals surface area contributed by atoms with Gasteiger partial charge in [0.2, 0.25) is 15.9 Å². The Balaban J connectivity index is 1.86. The van der Waals surface area contributed by atoms with Gasteiger partial charge in [0.1, 0.15) is 6.54 Å². The summed E-state index contributed by atoms with van der Waals surface area (Å²) in [6.45, 7) is 2.54. The Morgan fingerprint density at radius 3 is 2.44 bits per heavy atom. The smallest absolute Gasteiger partial charge is 0.240 e. The lowest BCUT2D eigenvalue weighted by molar-refractivity contribution is -0.119. The van der Waals surface area contributed by atoms with Gasteiger partial charge in [0.25, 0.3) is 0 Å². The van der Waals surface area contributed by atoms with Crippen molar-refractivity contribution in [2.24, 2.45) is 5.92 Å². The molecule has 1 aliphatic heterocycles. The summed E-state index contributed by atoms with van der Waals surface area (Å²) in [5.74, 6) is 0.326. The number of hydrogen-bond donors (Lipinski definition) is 1. The van der Waals surface area contributed by atoms with Crippen LogP contribution in [0.25, 0.3) is 0 Å². The predicted octanol–water partition coefficient (Wildman–Crippen LogP) is 1.95. The van der Waals surface area contributed by atoms with E-state index in [1.54, 1.807) is 24.3 Å². The summed E-state index contributed by atoms with van der Waals surface area (Å²) in [5.41, 5.74) is 0.428. The zero-order valence-electron chi connectivity index (χ0n) is 14.7. The lowest BCUT2D eigenvalue weighted by Crippen LogP contribution is -2.41. The van der Waals surface area contributed by atoms with Crippen LogP contribution in [0.4, 0.5) is 5.69 Å². The van der Waals surface area contributed by atoms with Crippen molar-refractivity contribution in [3.05, 3.63) is 29.3 Å². The fraction of sp³-hybridized carbons (Fsp3) is 0.588. The Labute approximate surface area is 155 Å². The standard InChI is InChI=1S/C17H26ClN3O3S/c1-20-11-8-14(9-12-20)7-10-19-17(22)13-21(25(2,23)24)16-5-3-15(18)4-6-16/h3-6,14H,7-13H2,1-2H3,(H,19,22). The summed E-state index contributed by atoms with van der Waals surface area (Å²) in [5, 5.41) is 3.35. The largest absolute Gasteiger partial charge is 0.355 e. The quantitative estimate of drug-likeness (QED) is 0.776. The Bertz CT molecular complexity index is 671. The highest BCUT2D eigenvalue weighted by Gasteiger charge is 2.21. The molecule has 1 N–H and O–H groups in total. The molecule has 0 bridgehead atoms. The lowest BCUT2D eigenvalue weighted by atomic mass is 9.94. The molecule has 8 heteroatoms. The fourth-order valence-electron chi connectivity index (χ4n) is 2.96. The SMILES string of the molecule is CN1CCC(CCNC(=O)CN(c2ccc(Cl)cc2)S(C)(=O)=O)CC1. The molecule has 0 spiro atoms. The normalized spacial score (nSPS) is 16.6. The van der Waals surface area contributed by atoms with E-state index in [1.165, 1.54) is 0 Å². The maximum atomic E-state index is 12.2. The highest BCUT2D eigenvalue weighted by molar-refractivity contribution is 7.92. The van der Waals surface area contributed by atoms with Crippen LogP contribution in [-0.2, 0) is 14.8 Å². The number of piperidine rings is 1. The molecule has 1 aromatic carbocycles. The second-order valence-electron chi connectivity index (χ2n) is 6.63. The second kappa shape index (κ2) is 8.87. The highest BCUT2D eigenvalue weighted by Crippen LogP contribution is 2.20. The zero-order valence-corrected chi connectivity index (χ0v) is 16.3. The van der Waals surface area contributed by atoms with E-state index in [4.69, 9.17) is 11.6 Å². The molecular weight excluding hydrogens is 362 g/mol. The van der Waals surface area contributed by atoms with Gasteiger partial charge in [0.05, 0.1) is 11.9 Å². The van der Waals surface area contributed by atoms with Crippen LogP contribution in [0.3, 0.4) is 0 Å². The van der Waals surface area contributed by atoms with E-state index in [9.17, 15) is 13.2 Å². The van der Waals surface area contributed by atoms with Gasteiger partial charge >= 0.3 is 0 Å². The van der Waals surface area contributed by atoms with Gasteiger partial charge in [-0.1, -0.05) is 11.6 Å². The van der Waals surface area contributed by atoms with Crippen LogP contribution in [0, 0.1) is 5.92 Å². The Hall–Kier alpha value is -1.31. The summed E-state index contributed by atoms with van der Waals surface area (Å²) in [6.07, 6.45) is 4.31. The summed E-state index contributed by atoms with van der Waals surface area (Å²) in [6, 6.07) is 6.39. The number of amides is 1. The molecule has 1 amide bonds. The first kappa shape index (κ1) is 20.0. The maximum Gasteiger partial charge on any atom is 0.240 e. The minimum absolute atomic E-state index is 0.228. The first-order chi connectivity index (χ1) is 11.8. The van der Waals surface area contributed by atoms with Crippen molar-refractivity contribution < 1.29 is 13.2 Å². The number of likely N-dealkylation sites (tertiary alicyclic amines) is 1. The number of nitrogens with zero attached hydrogens (tertiary/aromatic N) is 2. The van der Waals surface area contributed by atoms with E-state index < -0.39 is 10.0 Å². The van der Waals surface area contributed by atoms with E-state index in [2.05, 4.69) is 17.3 Å². The fourth-order valence-corrected chi connectivity index (χ4v) is 3.94. The van der Waals surface area contributed by atoms with Crippen LogP contribution >= 0.6 is 11.6 Å². The number of hydrogen-bond acceptors (Lipinski definition) is 4. The molecule has 0 unspecified atom stereocenters. The van der Waals surface area contributed by atoms with Gasteiger partial charge in [0.15, 0.2) is 0 Å². The third kappa shape index (κ3) is 6.49. The number of halogens is 1. The molecule has 0 aromatic heterocycles. The van der Waals surface area contributed by atoms with Gasteiger partial charge in [-0.05, 0) is 69.6 Å². The topological polar surface area (TPSA) is 69.7 Å². The van der Waals surface area contributed by atoms with Crippen LogP contribution in [0.1, 0.15) is 19.3 Å². The molecular formula is C17H26ClN3O3S. The number of rotatable bonds is 7. The maximum absolute atomic E-state index is 12.2. The molecule has 1 aliphatic rings. The van der Waals surface area contributed by atoms with Gasteiger partial charge < -0.3 is 10.2 Å². The molecule has 1 saturated heterocycles. The predicted molar refractivity (Wildman–Crippen MR) is 101 cm³/mol. The van der Waals surface area contributed by atoms with Crippen molar-refractivity contribution in [2.75, 3.05) is 43.8 Å². The monoisotopic (exact) mass is 387 g/mol. The van der Waals surface area contributed by atoms with Crippen molar-refractivity contribution in [3.63, 3.8) is 0 Å². The van der Waals surface area contributed by atoms with Crippen molar-refractivity contribution in [1.29, 1.82) is 0 Å².